The van der Waals surface area contributed by atoms with Crippen molar-refractivity contribution in [2.24, 2.45) is 0 Å². The zero-order valence-electron chi connectivity index (χ0n) is 11.0. The first-order valence-corrected chi connectivity index (χ1v) is 6.29. The number of pyridine rings is 1. The Morgan fingerprint density at radius 1 is 1.10 bits per heavy atom. The molecule has 0 fully saturated rings. The van der Waals surface area contributed by atoms with Gasteiger partial charge in [0.25, 0.3) is 5.56 Å². The summed E-state index contributed by atoms with van der Waals surface area (Å²) in [6.07, 6.45) is 0. The number of H-pyrrole nitrogens is 1. The third-order valence-electron chi connectivity index (χ3n) is 3.16. The highest BCUT2D eigenvalue weighted by molar-refractivity contribution is 5.73. The Bertz CT molecular complexity index is 879. The quantitative estimate of drug-likeness (QED) is 0.764. The molecule has 0 aliphatic rings. The Labute approximate surface area is 114 Å². The van der Waals surface area contributed by atoms with E-state index in [1.54, 1.807) is 12.1 Å². The highest BCUT2D eigenvalue weighted by Gasteiger charge is 2.09. The number of hydrogen-bond donors (Lipinski definition) is 1. The molecule has 2 aromatic heterocycles. The maximum absolute atomic E-state index is 12.0. The van der Waals surface area contributed by atoms with Crippen LogP contribution >= 0.6 is 0 Å². The van der Waals surface area contributed by atoms with Gasteiger partial charge >= 0.3 is 5.69 Å². The second kappa shape index (κ2) is 4.77. The van der Waals surface area contributed by atoms with Crippen LogP contribution in [0.4, 0.5) is 0 Å². The minimum atomic E-state index is -0.440. The lowest BCUT2D eigenvalue weighted by molar-refractivity contribution is 0.745. The van der Waals surface area contributed by atoms with E-state index in [0.29, 0.717) is 17.6 Å². The number of nitrogens with one attached hydrogen (secondary N) is 1. The van der Waals surface area contributed by atoms with E-state index in [1.807, 2.05) is 37.3 Å². The Morgan fingerprint density at radius 3 is 2.60 bits per heavy atom. The van der Waals surface area contributed by atoms with Gasteiger partial charge in [0, 0.05) is 5.69 Å². The van der Waals surface area contributed by atoms with E-state index in [9.17, 15) is 9.59 Å². The van der Waals surface area contributed by atoms with Crippen LogP contribution in [0, 0.1) is 6.92 Å². The lowest BCUT2D eigenvalue weighted by atomic mass is 10.2. The van der Waals surface area contributed by atoms with Crippen LogP contribution in [-0.2, 0) is 6.54 Å². The zero-order valence-corrected chi connectivity index (χ0v) is 11.0. The van der Waals surface area contributed by atoms with Crippen molar-refractivity contribution in [2.75, 3.05) is 0 Å². The summed E-state index contributed by atoms with van der Waals surface area (Å²) < 4.78 is 1.49. The van der Waals surface area contributed by atoms with Crippen molar-refractivity contribution in [3.8, 4) is 0 Å². The molecule has 0 radical (unpaired) electrons. The molecule has 0 atom stereocenters. The van der Waals surface area contributed by atoms with Crippen molar-refractivity contribution in [3.05, 3.63) is 74.6 Å². The molecule has 5 nitrogen and oxygen atoms in total. The molecule has 0 saturated carbocycles. The van der Waals surface area contributed by atoms with Gasteiger partial charge in [-0.2, -0.15) is 0 Å². The summed E-state index contributed by atoms with van der Waals surface area (Å²) in [4.78, 5) is 30.5. The molecule has 100 valence electrons. The summed E-state index contributed by atoms with van der Waals surface area (Å²) in [5, 5.41) is 0.422. The first-order valence-electron chi connectivity index (χ1n) is 6.29. The Hall–Kier alpha value is -2.69. The standard InChI is InChI=1S/C15H13N3O2/c1-10-7-8-12-13(16-10)18(15(20)17-14(12)19)9-11-5-3-2-4-6-11/h2-8H,9H2,1H3,(H,17,19,20). The van der Waals surface area contributed by atoms with Crippen LogP contribution in [0.3, 0.4) is 0 Å². The maximum Gasteiger partial charge on any atom is 0.330 e. The SMILES string of the molecule is Cc1ccc2c(=O)[nH]c(=O)n(Cc3ccccc3)c2n1. The number of aryl methyl sites for hydroxylation is 1. The fraction of sp³-hybridized carbons (Fsp3) is 0.133. The zero-order chi connectivity index (χ0) is 14.1. The Kier molecular flexibility index (Phi) is 2.95. The molecule has 5 heteroatoms. The average molecular weight is 267 g/mol. The molecule has 3 rings (SSSR count). The number of hydrogen-bond acceptors (Lipinski definition) is 3. The van der Waals surface area contributed by atoms with E-state index in [2.05, 4.69) is 9.97 Å². The van der Waals surface area contributed by atoms with E-state index in [1.165, 1.54) is 4.57 Å². The fourth-order valence-corrected chi connectivity index (χ4v) is 2.17. The minimum absolute atomic E-state index is 0.378. The smallest absolute Gasteiger partial charge is 0.273 e. The summed E-state index contributed by atoms with van der Waals surface area (Å²) in [7, 11) is 0. The Morgan fingerprint density at radius 2 is 1.85 bits per heavy atom. The Balaban J connectivity index is 2.27. The molecule has 0 spiro atoms. The summed E-state index contributed by atoms with van der Waals surface area (Å²) in [5.74, 6) is 0. The molecule has 0 aliphatic heterocycles. The van der Waals surface area contributed by atoms with Crippen molar-refractivity contribution in [3.63, 3.8) is 0 Å². The monoisotopic (exact) mass is 267 g/mol. The molecular formula is C15H13N3O2. The van der Waals surface area contributed by atoms with Gasteiger partial charge in [-0.1, -0.05) is 30.3 Å². The molecule has 20 heavy (non-hydrogen) atoms. The highest BCUT2D eigenvalue weighted by Crippen LogP contribution is 2.08. The van der Waals surface area contributed by atoms with Crippen LogP contribution in [0.25, 0.3) is 11.0 Å². The largest absolute Gasteiger partial charge is 0.330 e. The highest BCUT2D eigenvalue weighted by atomic mass is 16.2. The molecule has 0 aliphatic carbocycles. The van der Waals surface area contributed by atoms with Gasteiger partial charge in [0.1, 0.15) is 5.65 Å². The van der Waals surface area contributed by atoms with E-state index in [-0.39, 0.29) is 0 Å². The molecule has 0 unspecified atom stereocenters. The van der Waals surface area contributed by atoms with Crippen LogP contribution in [0.15, 0.2) is 52.1 Å². The number of aromatic nitrogens is 3. The van der Waals surface area contributed by atoms with E-state index < -0.39 is 11.2 Å². The molecule has 0 amide bonds. The van der Waals surface area contributed by atoms with Crippen LogP contribution in [0.1, 0.15) is 11.3 Å². The van der Waals surface area contributed by atoms with Gasteiger partial charge in [0.05, 0.1) is 11.9 Å². The third kappa shape index (κ3) is 2.14. The number of aromatic amines is 1. The first kappa shape index (κ1) is 12.3. The van der Waals surface area contributed by atoms with Crippen molar-refractivity contribution in [2.45, 2.75) is 13.5 Å². The first-order chi connectivity index (χ1) is 9.65. The van der Waals surface area contributed by atoms with Crippen LogP contribution in [0.2, 0.25) is 0 Å². The van der Waals surface area contributed by atoms with Gasteiger partial charge in [-0.05, 0) is 24.6 Å². The molecule has 2 heterocycles. The van der Waals surface area contributed by atoms with Crippen molar-refractivity contribution in [1.82, 2.24) is 14.5 Å². The van der Waals surface area contributed by atoms with Crippen molar-refractivity contribution in [1.29, 1.82) is 0 Å². The molecular weight excluding hydrogens is 254 g/mol. The van der Waals surface area contributed by atoms with Crippen molar-refractivity contribution >= 4 is 11.0 Å². The molecule has 0 bridgehead atoms. The molecule has 1 N–H and O–H groups in total. The number of benzene rings is 1. The van der Waals surface area contributed by atoms with Gasteiger partial charge in [0.15, 0.2) is 0 Å². The normalized spacial score (nSPS) is 10.8. The van der Waals surface area contributed by atoms with E-state index >= 15 is 0 Å². The van der Waals surface area contributed by atoms with Gasteiger partial charge < -0.3 is 0 Å². The second-order valence-electron chi connectivity index (χ2n) is 4.65. The fourth-order valence-electron chi connectivity index (χ4n) is 2.17. The summed E-state index contributed by atoms with van der Waals surface area (Å²) in [6.45, 7) is 2.21. The van der Waals surface area contributed by atoms with Crippen LogP contribution in [0.5, 0.6) is 0 Å². The minimum Gasteiger partial charge on any atom is -0.273 e. The van der Waals surface area contributed by atoms with E-state index in [4.69, 9.17) is 0 Å². The van der Waals surface area contributed by atoms with Crippen LogP contribution < -0.4 is 11.2 Å². The number of fused-ring (bicyclic) bond motifs is 1. The number of rotatable bonds is 2. The summed E-state index contributed by atoms with van der Waals surface area (Å²) >= 11 is 0. The van der Waals surface area contributed by atoms with Gasteiger partial charge in [-0.3, -0.25) is 14.3 Å². The van der Waals surface area contributed by atoms with Gasteiger partial charge in [-0.15, -0.1) is 0 Å². The second-order valence-corrected chi connectivity index (χ2v) is 4.65. The summed E-state index contributed by atoms with van der Waals surface area (Å²) in [6, 6.07) is 13.0. The summed E-state index contributed by atoms with van der Waals surface area (Å²) in [5.41, 5.74) is 1.32. The predicted octanol–water partition coefficient (Wildman–Crippen LogP) is 1.44. The van der Waals surface area contributed by atoms with E-state index in [0.717, 1.165) is 11.3 Å². The molecule has 3 aromatic rings. The topological polar surface area (TPSA) is 67.8 Å². The van der Waals surface area contributed by atoms with Crippen molar-refractivity contribution < 1.29 is 0 Å². The predicted molar refractivity (Wildman–Crippen MR) is 76.9 cm³/mol. The van der Waals surface area contributed by atoms with Gasteiger partial charge in [-0.25, -0.2) is 9.78 Å². The lowest BCUT2D eigenvalue weighted by Crippen LogP contribution is -2.31. The molecule has 1 aromatic carbocycles. The van der Waals surface area contributed by atoms with Gasteiger partial charge in [0.2, 0.25) is 0 Å². The third-order valence-corrected chi connectivity index (χ3v) is 3.16. The lowest BCUT2D eigenvalue weighted by Gasteiger charge is -2.09. The molecule has 0 saturated heterocycles. The van der Waals surface area contributed by atoms with Crippen LogP contribution in [-0.4, -0.2) is 14.5 Å². The number of nitrogens with zero attached hydrogens (tertiary/aromatic N) is 2. The maximum atomic E-state index is 12.0. The average Bonchev–Trinajstić information content (AvgIpc) is 2.44.